The molecule has 3 aromatic carbocycles. The Morgan fingerprint density at radius 1 is 0.903 bits per heavy atom. The monoisotopic (exact) mass is 416 g/mol. The van der Waals surface area contributed by atoms with Gasteiger partial charge in [0.15, 0.2) is 5.76 Å². The molecule has 1 aliphatic rings. The topological polar surface area (TPSA) is 71.1 Å². The van der Waals surface area contributed by atoms with E-state index in [1.807, 2.05) is 30.3 Å². The number of ether oxygens (including phenoxy) is 4. The quantitative estimate of drug-likeness (QED) is 0.336. The van der Waals surface area contributed by atoms with Crippen LogP contribution in [-0.2, 0) is 0 Å². The number of allylic oxidation sites excluding steroid dienone is 1. The Bertz CT molecular complexity index is 1170. The highest BCUT2D eigenvalue weighted by Gasteiger charge is 2.30. The number of hydrogen-bond acceptors (Lipinski definition) is 6. The summed E-state index contributed by atoms with van der Waals surface area (Å²) in [5.41, 5.74) is 2.25. The molecule has 0 fully saturated rings. The van der Waals surface area contributed by atoms with E-state index in [2.05, 4.69) is 0 Å². The molecule has 0 amide bonds. The fraction of sp³-hybridized carbons (Fsp3) is 0.120. The maximum absolute atomic E-state index is 12.8. The minimum atomic E-state index is -0.582. The second-order valence-corrected chi connectivity index (χ2v) is 6.95. The molecule has 0 aromatic heterocycles. The first-order valence-electron chi connectivity index (χ1n) is 9.57. The summed E-state index contributed by atoms with van der Waals surface area (Å²) in [6.07, 6.45) is 1.69. The van der Waals surface area contributed by atoms with E-state index in [1.165, 1.54) is 14.2 Å². The third kappa shape index (κ3) is 4.14. The van der Waals surface area contributed by atoms with Gasteiger partial charge in [-0.2, -0.15) is 0 Å². The van der Waals surface area contributed by atoms with Crippen molar-refractivity contribution in [1.82, 2.24) is 0 Å². The van der Waals surface area contributed by atoms with Gasteiger partial charge in [-0.05, 0) is 42.3 Å². The highest BCUT2D eigenvalue weighted by Crippen LogP contribution is 2.38. The molecule has 6 nitrogen and oxygen atoms in total. The summed E-state index contributed by atoms with van der Waals surface area (Å²) in [6, 6.07) is 17.4. The fourth-order valence-electron chi connectivity index (χ4n) is 3.33. The number of Topliss-reactive ketones (excluding diaryl/α,β-unsaturated/α-hetero) is 1. The molecule has 156 valence electrons. The van der Waals surface area contributed by atoms with Gasteiger partial charge >= 0.3 is 5.97 Å². The maximum Gasteiger partial charge on any atom is 0.343 e. The van der Waals surface area contributed by atoms with E-state index < -0.39 is 5.97 Å². The molecule has 0 unspecified atom stereocenters. The van der Waals surface area contributed by atoms with Crippen molar-refractivity contribution in [2.75, 3.05) is 14.2 Å². The number of aryl methyl sites for hydroxylation is 1. The Labute approximate surface area is 179 Å². The van der Waals surface area contributed by atoms with Crippen LogP contribution in [0.4, 0.5) is 0 Å². The minimum absolute atomic E-state index is 0.202. The van der Waals surface area contributed by atoms with Crippen LogP contribution in [-0.4, -0.2) is 26.0 Å². The number of hydrogen-bond donors (Lipinski definition) is 0. The van der Waals surface area contributed by atoms with Crippen LogP contribution in [0.5, 0.6) is 23.0 Å². The van der Waals surface area contributed by atoms with E-state index in [-0.39, 0.29) is 22.9 Å². The van der Waals surface area contributed by atoms with E-state index in [9.17, 15) is 9.59 Å². The van der Waals surface area contributed by atoms with Gasteiger partial charge in [-0.3, -0.25) is 4.79 Å². The van der Waals surface area contributed by atoms with Crippen LogP contribution in [0.2, 0.25) is 0 Å². The lowest BCUT2D eigenvalue weighted by Gasteiger charge is -2.10. The van der Waals surface area contributed by atoms with E-state index in [0.717, 1.165) is 5.56 Å². The largest absolute Gasteiger partial charge is 0.497 e. The van der Waals surface area contributed by atoms with E-state index in [1.54, 1.807) is 43.3 Å². The van der Waals surface area contributed by atoms with Crippen LogP contribution < -0.4 is 18.9 Å². The normalized spacial score (nSPS) is 13.5. The number of ketones is 1. The second-order valence-electron chi connectivity index (χ2n) is 6.95. The number of methoxy groups -OCH3 is 2. The zero-order valence-corrected chi connectivity index (χ0v) is 17.3. The molecular weight excluding hydrogens is 396 g/mol. The Balaban J connectivity index is 1.60. The number of rotatable bonds is 5. The molecule has 0 bridgehead atoms. The van der Waals surface area contributed by atoms with Gasteiger partial charge < -0.3 is 18.9 Å². The first-order chi connectivity index (χ1) is 15.0. The molecule has 0 N–H and O–H groups in total. The van der Waals surface area contributed by atoms with Crippen molar-refractivity contribution >= 4 is 17.8 Å². The summed E-state index contributed by atoms with van der Waals surface area (Å²) >= 11 is 0. The summed E-state index contributed by atoms with van der Waals surface area (Å²) < 4.78 is 21.7. The highest BCUT2D eigenvalue weighted by molar-refractivity contribution is 6.15. The predicted molar refractivity (Wildman–Crippen MR) is 115 cm³/mol. The van der Waals surface area contributed by atoms with E-state index >= 15 is 0 Å². The van der Waals surface area contributed by atoms with Crippen molar-refractivity contribution in [2.24, 2.45) is 0 Å². The van der Waals surface area contributed by atoms with Gasteiger partial charge in [0.05, 0.1) is 25.3 Å². The number of carbonyl (C=O) groups is 2. The Morgan fingerprint density at radius 3 is 2.23 bits per heavy atom. The maximum atomic E-state index is 12.8. The van der Waals surface area contributed by atoms with Crippen LogP contribution in [0.1, 0.15) is 31.8 Å². The van der Waals surface area contributed by atoms with Crippen LogP contribution >= 0.6 is 0 Å². The molecule has 6 heteroatoms. The molecule has 1 heterocycles. The molecular formula is C25H20O6. The van der Waals surface area contributed by atoms with Gasteiger partial charge in [0.1, 0.15) is 23.0 Å². The average molecular weight is 416 g/mol. The lowest BCUT2D eigenvalue weighted by atomic mass is 10.0. The number of carbonyl (C=O) groups excluding carboxylic acids is 2. The zero-order chi connectivity index (χ0) is 22.0. The lowest BCUT2D eigenvalue weighted by Crippen LogP contribution is -2.09. The Kier molecular flexibility index (Phi) is 5.45. The van der Waals surface area contributed by atoms with Crippen LogP contribution in [0.25, 0.3) is 6.08 Å². The van der Waals surface area contributed by atoms with E-state index in [4.69, 9.17) is 18.9 Å². The third-order valence-corrected chi connectivity index (χ3v) is 4.84. The van der Waals surface area contributed by atoms with Crippen molar-refractivity contribution in [2.45, 2.75) is 6.92 Å². The zero-order valence-electron chi connectivity index (χ0n) is 17.3. The molecule has 1 aliphatic heterocycles. The van der Waals surface area contributed by atoms with Crippen LogP contribution in [0.15, 0.2) is 66.4 Å². The summed E-state index contributed by atoms with van der Waals surface area (Å²) in [5, 5.41) is 0. The summed E-state index contributed by atoms with van der Waals surface area (Å²) in [7, 11) is 3.01. The SMILES string of the molecule is COc1cc(OC)cc(C(=O)Oc2cc(C)c3c(c2)O/C(=C\c2ccccc2)C3=O)c1. The van der Waals surface area contributed by atoms with Crippen LogP contribution in [0, 0.1) is 6.92 Å². The average Bonchev–Trinajstić information content (AvgIpc) is 3.09. The standard InChI is InChI=1S/C25H20O6/c1-15-9-20(30-25(27)17-11-18(28-2)13-19(12-17)29-3)14-21-23(15)24(26)22(31-21)10-16-7-5-4-6-8-16/h4-14H,1-3H3/b22-10-. The molecule has 0 spiro atoms. The van der Waals surface area contributed by atoms with Crippen molar-refractivity contribution in [3.8, 4) is 23.0 Å². The second kappa shape index (κ2) is 8.36. The summed E-state index contributed by atoms with van der Waals surface area (Å²) in [5.74, 6) is 1.02. The fourth-order valence-corrected chi connectivity index (χ4v) is 3.33. The Hall–Kier alpha value is -4.06. The van der Waals surface area contributed by atoms with Gasteiger partial charge in [0.25, 0.3) is 0 Å². The molecule has 0 saturated carbocycles. The molecule has 4 rings (SSSR count). The van der Waals surface area contributed by atoms with Crippen LogP contribution in [0.3, 0.4) is 0 Å². The lowest BCUT2D eigenvalue weighted by molar-refractivity contribution is 0.0733. The smallest absolute Gasteiger partial charge is 0.343 e. The number of fused-ring (bicyclic) bond motifs is 1. The van der Waals surface area contributed by atoms with Crippen molar-refractivity contribution in [1.29, 1.82) is 0 Å². The van der Waals surface area contributed by atoms with Gasteiger partial charge in [0.2, 0.25) is 5.78 Å². The Morgan fingerprint density at radius 2 is 1.58 bits per heavy atom. The van der Waals surface area contributed by atoms with Gasteiger partial charge in [0, 0.05) is 12.1 Å². The molecule has 0 aliphatic carbocycles. The summed E-state index contributed by atoms with van der Waals surface area (Å²) in [6.45, 7) is 1.78. The molecule has 0 atom stereocenters. The molecule has 31 heavy (non-hydrogen) atoms. The van der Waals surface area contributed by atoms with Gasteiger partial charge in [-0.1, -0.05) is 30.3 Å². The van der Waals surface area contributed by atoms with Crippen molar-refractivity contribution < 1.29 is 28.5 Å². The molecule has 0 radical (unpaired) electrons. The van der Waals surface area contributed by atoms with E-state index in [0.29, 0.717) is 28.4 Å². The molecule has 0 saturated heterocycles. The molecule has 3 aromatic rings. The number of esters is 1. The van der Waals surface area contributed by atoms with Crippen molar-refractivity contribution in [3.05, 3.63) is 88.7 Å². The third-order valence-electron chi connectivity index (χ3n) is 4.84. The minimum Gasteiger partial charge on any atom is -0.497 e. The summed E-state index contributed by atoms with van der Waals surface area (Å²) in [4.78, 5) is 25.5. The first kappa shape index (κ1) is 20.2. The predicted octanol–water partition coefficient (Wildman–Crippen LogP) is 4.85. The first-order valence-corrected chi connectivity index (χ1v) is 9.57. The van der Waals surface area contributed by atoms with Crippen molar-refractivity contribution in [3.63, 3.8) is 0 Å². The van der Waals surface area contributed by atoms with Gasteiger partial charge in [-0.25, -0.2) is 4.79 Å². The number of benzene rings is 3. The highest BCUT2D eigenvalue weighted by atomic mass is 16.5. The van der Waals surface area contributed by atoms with Gasteiger partial charge in [-0.15, -0.1) is 0 Å².